The first-order valence-corrected chi connectivity index (χ1v) is 7.39. The molecule has 2 aliphatic rings. The number of aryl methyl sites for hydroxylation is 1. The number of halogens is 1. The summed E-state index contributed by atoms with van der Waals surface area (Å²) >= 11 is 0. The van der Waals surface area contributed by atoms with Crippen molar-refractivity contribution in [3.05, 3.63) is 35.1 Å². The van der Waals surface area contributed by atoms with Crippen molar-refractivity contribution >= 4 is 5.91 Å². The van der Waals surface area contributed by atoms with Gasteiger partial charge in [0, 0.05) is 31.2 Å². The van der Waals surface area contributed by atoms with Crippen molar-refractivity contribution in [3.8, 4) is 0 Å². The molecule has 2 heterocycles. The molecule has 0 radical (unpaired) electrons. The predicted molar refractivity (Wildman–Crippen MR) is 76.1 cm³/mol. The van der Waals surface area contributed by atoms with Crippen LogP contribution in [-0.4, -0.2) is 36.5 Å². The van der Waals surface area contributed by atoms with Crippen LogP contribution in [0.2, 0.25) is 0 Å². The Bertz CT molecular complexity index is 511. The number of carbonyl (C=O) groups is 1. The summed E-state index contributed by atoms with van der Waals surface area (Å²) in [6.45, 7) is 6.73. The Hall–Kier alpha value is -1.42. The van der Waals surface area contributed by atoms with E-state index in [9.17, 15) is 9.18 Å². The van der Waals surface area contributed by atoms with E-state index in [1.807, 2.05) is 11.8 Å². The second-order valence-corrected chi connectivity index (χ2v) is 6.03. The third-order valence-corrected chi connectivity index (χ3v) is 4.69. The van der Waals surface area contributed by atoms with Crippen LogP contribution in [0.4, 0.5) is 4.39 Å². The van der Waals surface area contributed by atoms with Gasteiger partial charge in [0.1, 0.15) is 5.82 Å². The monoisotopic (exact) mass is 276 g/mol. The molecule has 20 heavy (non-hydrogen) atoms. The lowest BCUT2D eigenvalue weighted by Gasteiger charge is -2.27. The number of likely N-dealkylation sites (tertiary alicyclic amines) is 1. The second-order valence-electron chi connectivity index (χ2n) is 6.03. The molecular weight excluding hydrogens is 255 g/mol. The molecule has 2 fully saturated rings. The van der Waals surface area contributed by atoms with Crippen LogP contribution in [-0.2, 0) is 0 Å². The number of hydrogen-bond donors (Lipinski definition) is 1. The van der Waals surface area contributed by atoms with Gasteiger partial charge in [-0.15, -0.1) is 0 Å². The van der Waals surface area contributed by atoms with Crippen LogP contribution < -0.4 is 5.32 Å². The van der Waals surface area contributed by atoms with Crippen molar-refractivity contribution in [1.29, 1.82) is 0 Å². The molecule has 3 atom stereocenters. The molecule has 2 saturated heterocycles. The minimum Gasteiger partial charge on any atom is -0.335 e. The molecule has 1 aromatic rings. The molecule has 108 valence electrons. The average molecular weight is 276 g/mol. The highest BCUT2D eigenvalue weighted by atomic mass is 19.1. The number of carbonyl (C=O) groups excluding carboxylic acids is 1. The van der Waals surface area contributed by atoms with Crippen molar-refractivity contribution in [2.75, 3.05) is 19.6 Å². The summed E-state index contributed by atoms with van der Waals surface area (Å²) in [5.41, 5.74) is 1.27. The van der Waals surface area contributed by atoms with Crippen molar-refractivity contribution in [1.82, 2.24) is 10.2 Å². The predicted octanol–water partition coefficient (Wildman–Crippen LogP) is 2.20. The smallest absolute Gasteiger partial charge is 0.254 e. The highest BCUT2D eigenvalue weighted by molar-refractivity contribution is 5.95. The van der Waals surface area contributed by atoms with Crippen molar-refractivity contribution in [2.24, 2.45) is 11.8 Å². The molecule has 4 heteroatoms. The standard InChI is InChI=1S/C16H21FN2O/c1-3-15-14-8-18-7-12(14)9-19(15)16(20)11-4-10(2)5-13(17)6-11/h4-6,12,14-15,18H,3,7-9H2,1-2H3. The molecule has 1 N–H and O–H groups in total. The minimum atomic E-state index is -0.331. The summed E-state index contributed by atoms with van der Waals surface area (Å²) in [5.74, 6) is 0.758. The van der Waals surface area contributed by atoms with E-state index >= 15 is 0 Å². The molecule has 0 aliphatic carbocycles. The van der Waals surface area contributed by atoms with Crippen LogP contribution in [0.25, 0.3) is 0 Å². The van der Waals surface area contributed by atoms with Crippen LogP contribution in [0.15, 0.2) is 18.2 Å². The minimum absolute atomic E-state index is 0.0196. The van der Waals surface area contributed by atoms with E-state index in [-0.39, 0.29) is 17.8 Å². The fourth-order valence-corrected chi connectivity index (χ4v) is 3.81. The van der Waals surface area contributed by atoms with Gasteiger partial charge in [-0.05, 0) is 48.9 Å². The first kappa shape index (κ1) is 13.6. The molecular formula is C16H21FN2O. The largest absolute Gasteiger partial charge is 0.335 e. The van der Waals surface area contributed by atoms with Gasteiger partial charge in [0.2, 0.25) is 0 Å². The molecule has 3 rings (SSSR count). The maximum absolute atomic E-state index is 13.5. The van der Waals surface area contributed by atoms with Gasteiger partial charge < -0.3 is 10.2 Å². The first-order chi connectivity index (χ1) is 9.60. The highest BCUT2D eigenvalue weighted by Crippen LogP contribution is 2.35. The normalized spacial score (nSPS) is 28.8. The second kappa shape index (κ2) is 5.17. The summed E-state index contributed by atoms with van der Waals surface area (Å²) in [7, 11) is 0. The van der Waals surface area contributed by atoms with E-state index in [4.69, 9.17) is 0 Å². The first-order valence-electron chi connectivity index (χ1n) is 7.39. The molecule has 3 nitrogen and oxygen atoms in total. The number of fused-ring (bicyclic) bond motifs is 1. The molecule has 0 bridgehead atoms. The number of amides is 1. The van der Waals surface area contributed by atoms with Gasteiger partial charge in [0.05, 0.1) is 0 Å². The SMILES string of the molecule is CCC1C2CNCC2CN1C(=O)c1cc(C)cc(F)c1. The zero-order valence-corrected chi connectivity index (χ0v) is 12.0. The summed E-state index contributed by atoms with van der Waals surface area (Å²) in [5, 5.41) is 3.41. The number of nitrogens with one attached hydrogen (secondary N) is 1. The highest BCUT2D eigenvalue weighted by Gasteiger charge is 2.45. The van der Waals surface area contributed by atoms with Gasteiger partial charge in [-0.1, -0.05) is 6.92 Å². The molecule has 2 aliphatic heterocycles. The Morgan fingerprint density at radius 3 is 2.90 bits per heavy atom. The molecule has 0 aromatic heterocycles. The third-order valence-electron chi connectivity index (χ3n) is 4.69. The maximum Gasteiger partial charge on any atom is 0.254 e. The van der Waals surface area contributed by atoms with Crippen LogP contribution in [0.1, 0.15) is 29.3 Å². The van der Waals surface area contributed by atoms with Gasteiger partial charge in [-0.3, -0.25) is 4.79 Å². The van der Waals surface area contributed by atoms with E-state index in [0.717, 1.165) is 31.6 Å². The van der Waals surface area contributed by atoms with Crippen LogP contribution in [0, 0.1) is 24.6 Å². The van der Waals surface area contributed by atoms with Crippen LogP contribution >= 0.6 is 0 Å². The Kier molecular flexibility index (Phi) is 3.50. The lowest BCUT2D eigenvalue weighted by Crippen LogP contribution is -2.39. The number of hydrogen-bond acceptors (Lipinski definition) is 2. The maximum atomic E-state index is 13.5. The number of benzene rings is 1. The Morgan fingerprint density at radius 2 is 2.20 bits per heavy atom. The van der Waals surface area contributed by atoms with Crippen molar-refractivity contribution in [3.63, 3.8) is 0 Å². The van der Waals surface area contributed by atoms with Crippen LogP contribution in [0.5, 0.6) is 0 Å². The molecule has 0 spiro atoms. The fourth-order valence-electron chi connectivity index (χ4n) is 3.81. The fraction of sp³-hybridized carbons (Fsp3) is 0.562. The quantitative estimate of drug-likeness (QED) is 0.898. The summed E-state index contributed by atoms with van der Waals surface area (Å²) in [6.07, 6.45) is 0.961. The van der Waals surface area contributed by atoms with Crippen molar-refractivity contribution in [2.45, 2.75) is 26.3 Å². The summed E-state index contributed by atoms with van der Waals surface area (Å²) < 4.78 is 13.5. The van der Waals surface area contributed by atoms with Gasteiger partial charge >= 0.3 is 0 Å². The molecule has 3 unspecified atom stereocenters. The molecule has 0 saturated carbocycles. The van der Waals surface area contributed by atoms with E-state index in [2.05, 4.69) is 12.2 Å². The Morgan fingerprint density at radius 1 is 1.40 bits per heavy atom. The zero-order valence-electron chi connectivity index (χ0n) is 12.0. The topological polar surface area (TPSA) is 32.3 Å². The lowest BCUT2D eigenvalue weighted by molar-refractivity contribution is 0.0711. The zero-order chi connectivity index (χ0) is 14.3. The van der Waals surface area contributed by atoms with E-state index < -0.39 is 0 Å². The third kappa shape index (κ3) is 2.22. The van der Waals surface area contributed by atoms with Gasteiger partial charge in [0.25, 0.3) is 5.91 Å². The number of rotatable bonds is 2. The summed E-state index contributed by atoms with van der Waals surface area (Å²) in [4.78, 5) is 14.7. The summed E-state index contributed by atoms with van der Waals surface area (Å²) in [6, 6.07) is 4.88. The van der Waals surface area contributed by atoms with Gasteiger partial charge in [-0.25, -0.2) is 4.39 Å². The lowest BCUT2D eigenvalue weighted by atomic mass is 9.93. The van der Waals surface area contributed by atoms with Crippen LogP contribution in [0.3, 0.4) is 0 Å². The molecule has 1 aromatic carbocycles. The van der Waals surface area contributed by atoms with Gasteiger partial charge in [-0.2, -0.15) is 0 Å². The van der Waals surface area contributed by atoms with E-state index in [0.29, 0.717) is 17.4 Å². The van der Waals surface area contributed by atoms with Gasteiger partial charge in [0.15, 0.2) is 0 Å². The average Bonchev–Trinajstić information content (AvgIpc) is 2.96. The van der Waals surface area contributed by atoms with E-state index in [1.165, 1.54) is 12.1 Å². The van der Waals surface area contributed by atoms with Crippen molar-refractivity contribution < 1.29 is 9.18 Å². The van der Waals surface area contributed by atoms with E-state index in [1.54, 1.807) is 6.07 Å². The Labute approximate surface area is 119 Å². The molecule has 1 amide bonds. The number of nitrogens with zero attached hydrogens (tertiary/aromatic N) is 1. The Balaban J connectivity index is 1.86.